The van der Waals surface area contributed by atoms with Crippen LogP contribution in [0.15, 0.2) is 32.9 Å². The molecule has 8 nitrogen and oxygen atoms in total. The Morgan fingerprint density at radius 2 is 2.14 bits per heavy atom. The van der Waals surface area contributed by atoms with Gasteiger partial charge >= 0.3 is 5.97 Å². The molecule has 1 aromatic heterocycles. The van der Waals surface area contributed by atoms with E-state index in [9.17, 15) is 18.0 Å². The topological polar surface area (TPSA) is 102 Å². The summed E-state index contributed by atoms with van der Waals surface area (Å²) in [4.78, 5) is 25.2. The van der Waals surface area contributed by atoms with Crippen LogP contribution in [0.5, 0.6) is 0 Å². The smallest absolute Gasteiger partial charge is 0.335 e. The number of thiophene rings is 1. The summed E-state index contributed by atoms with van der Waals surface area (Å²) in [7, 11) is -3.57. The lowest BCUT2D eigenvalue weighted by Crippen LogP contribution is -2.50. The molecule has 4 rings (SSSR count). The highest BCUT2D eigenvalue weighted by molar-refractivity contribution is 7.91. The van der Waals surface area contributed by atoms with Gasteiger partial charge in [-0.15, -0.1) is 11.3 Å². The Morgan fingerprint density at radius 1 is 1.38 bits per heavy atom. The Balaban J connectivity index is 1.48. The molecule has 0 aliphatic carbocycles. The Morgan fingerprint density at radius 3 is 2.76 bits per heavy atom. The van der Waals surface area contributed by atoms with Gasteiger partial charge in [-0.05, 0) is 31.2 Å². The molecule has 158 valence electrons. The molecule has 1 atom stereocenters. The van der Waals surface area contributed by atoms with Crippen molar-refractivity contribution in [3.8, 4) is 0 Å². The Labute approximate surface area is 173 Å². The third-order valence-corrected chi connectivity index (χ3v) is 9.06. The number of esters is 1. The average molecular weight is 441 g/mol. The molecule has 0 aromatic carbocycles. The summed E-state index contributed by atoms with van der Waals surface area (Å²) < 4.78 is 38.4. The number of hydrogen-bond acceptors (Lipinski definition) is 7. The lowest BCUT2D eigenvalue weighted by atomic mass is 9.83. The standard InChI is InChI=1S/C19H24N2O6S2/c1-13-16(17(22)20-12-14-4-2-10-26-14)19(27-18(13)23)6-8-21(9-7-19)29(24,25)15-5-3-11-28-15/h3,5,11,14H,2,4,6-10,12H2,1H3,(H,20,22)/t14-/m0/s1. The van der Waals surface area contributed by atoms with E-state index >= 15 is 0 Å². The van der Waals surface area contributed by atoms with Crippen LogP contribution in [0.2, 0.25) is 0 Å². The maximum atomic E-state index is 12.9. The Kier molecular flexibility index (Phi) is 5.54. The summed E-state index contributed by atoms with van der Waals surface area (Å²) in [5, 5.41) is 4.59. The van der Waals surface area contributed by atoms with E-state index in [-0.39, 0.29) is 42.2 Å². The highest BCUT2D eigenvalue weighted by Gasteiger charge is 2.52. The van der Waals surface area contributed by atoms with Crippen molar-refractivity contribution in [1.82, 2.24) is 9.62 Å². The van der Waals surface area contributed by atoms with E-state index in [2.05, 4.69) is 5.32 Å². The zero-order valence-corrected chi connectivity index (χ0v) is 17.8. The first kappa shape index (κ1) is 20.5. The van der Waals surface area contributed by atoms with Crippen LogP contribution in [0.3, 0.4) is 0 Å². The summed E-state index contributed by atoms with van der Waals surface area (Å²) in [6.45, 7) is 3.04. The normalized spacial score (nSPS) is 24.9. The number of carbonyl (C=O) groups is 2. The molecule has 3 aliphatic rings. The van der Waals surface area contributed by atoms with Gasteiger partial charge in [0.1, 0.15) is 9.81 Å². The van der Waals surface area contributed by atoms with Crippen molar-refractivity contribution < 1.29 is 27.5 Å². The monoisotopic (exact) mass is 440 g/mol. The number of carbonyl (C=O) groups excluding carboxylic acids is 2. The molecule has 4 heterocycles. The van der Waals surface area contributed by atoms with Crippen LogP contribution >= 0.6 is 11.3 Å². The predicted octanol–water partition coefficient (Wildman–Crippen LogP) is 1.44. The second kappa shape index (κ2) is 7.82. The third-order valence-electron chi connectivity index (χ3n) is 5.79. The zero-order chi connectivity index (χ0) is 20.6. The lowest BCUT2D eigenvalue weighted by molar-refractivity contribution is -0.150. The summed E-state index contributed by atoms with van der Waals surface area (Å²) in [5.74, 6) is -0.847. The lowest BCUT2D eigenvalue weighted by Gasteiger charge is -2.38. The van der Waals surface area contributed by atoms with Gasteiger partial charge in [-0.1, -0.05) is 6.07 Å². The molecule has 1 amide bonds. The van der Waals surface area contributed by atoms with Gasteiger partial charge in [-0.2, -0.15) is 4.31 Å². The van der Waals surface area contributed by atoms with E-state index in [4.69, 9.17) is 9.47 Å². The van der Waals surface area contributed by atoms with Gasteiger partial charge in [-0.25, -0.2) is 13.2 Å². The highest BCUT2D eigenvalue weighted by atomic mass is 32.2. The molecule has 10 heteroatoms. The Bertz CT molecular complexity index is 924. The molecule has 2 saturated heterocycles. The van der Waals surface area contributed by atoms with Crippen molar-refractivity contribution >= 4 is 33.2 Å². The molecular formula is C19H24N2O6S2. The first-order chi connectivity index (χ1) is 13.8. The number of nitrogens with zero attached hydrogens (tertiary/aromatic N) is 1. The van der Waals surface area contributed by atoms with Crippen molar-refractivity contribution in [1.29, 1.82) is 0 Å². The van der Waals surface area contributed by atoms with Gasteiger partial charge in [0.2, 0.25) is 0 Å². The minimum Gasteiger partial charge on any atom is -0.450 e. The molecule has 0 radical (unpaired) electrons. The van der Waals surface area contributed by atoms with Crippen LogP contribution in [0.4, 0.5) is 0 Å². The molecule has 1 N–H and O–H groups in total. The zero-order valence-electron chi connectivity index (χ0n) is 16.2. The highest BCUT2D eigenvalue weighted by Crippen LogP contribution is 2.42. The molecule has 0 saturated carbocycles. The van der Waals surface area contributed by atoms with Crippen LogP contribution in [0.25, 0.3) is 0 Å². The van der Waals surface area contributed by atoms with Crippen molar-refractivity contribution in [2.45, 2.75) is 48.5 Å². The number of piperidine rings is 1. The van der Waals surface area contributed by atoms with E-state index < -0.39 is 21.6 Å². The fourth-order valence-electron chi connectivity index (χ4n) is 4.20. The minimum atomic E-state index is -3.57. The number of ether oxygens (including phenoxy) is 2. The maximum absolute atomic E-state index is 12.9. The number of sulfonamides is 1. The second-order valence-electron chi connectivity index (χ2n) is 7.57. The van der Waals surface area contributed by atoms with Crippen LogP contribution in [-0.2, 0) is 29.1 Å². The molecule has 1 aromatic rings. The SMILES string of the molecule is CC1=C(C(=O)NC[C@@H]2CCCO2)C2(CCN(S(=O)(=O)c3cccs3)CC2)OC1=O. The van der Waals surface area contributed by atoms with Crippen LogP contribution in [-0.4, -0.2) is 62.5 Å². The van der Waals surface area contributed by atoms with E-state index in [1.165, 1.54) is 15.6 Å². The molecular weight excluding hydrogens is 416 g/mol. The second-order valence-corrected chi connectivity index (χ2v) is 10.7. The summed E-state index contributed by atoms with van der Waals surface area (Å²) in [5.41, 5.74) is -0.443. The number of rotatable bonds is 5. The van der Waals surface area contributed by atoms with Crippen LogP contribution in [0, 0.1) is 0 Å². The molecule has 3 aliphatic heterocycles. The molecule has 2 fully saturated rings. The molecule has 0 bridgehead atoms. The minimum absolute atomic E-state index is 0.00776. The van der Waals surface area contributed by atoms with Crippen molar-refractivity contribution in [2.75, 3.05) is 26.2 Å². The predicted molar refractivity (Wildman–Crippen MR) is 106 cm³/mol. The fraction of sp³-hybridized carbons (Fsp3) is 0.579. The average Bonchev–Trinajstić information content (AvgIpc) is 3.43. The van der Waals surface area contributed by atoms with E-state index in [1.807, 2.05) is 0 Å². The molecule has 0 unspecified atom stereocenters. The summed E-state index contributed by atoms with van der Waals surface area (Å²) in [6, 6.07) is 3.28. The van der Waals surface area contributed by atoms with Gasteiger partial charge in [0.25, 0.3) is 15.9 Å². The summed E-state index contributed by atoms with van der Waals surface area (Å²) >= 11 is 1.17. The van der Waals surface area contributed by atoms with Crippen molar-refractivity contribution in [3.05, 3.63) is 28.7 Å². The number of nitrogens with one attached hydrogen (secondary N) is 1. The van der Waals surface area contributed by atoms with Crippen molar-refractivity contribution in [3.63, 3.8) is 0 Å². The van der Waals surface area contributed by atoms with E-state index in [0.29, 0.717) is 24.3 Å². The Hall–Kier alpha value is -1.75. The maximum Gasteiger partial charge on any atom is 0.335 e. The first-order valence-electron chi connectivity index (χ1n) is 9.72. The molecule has 29 heavy (non-hydrogen) atoms. The van der Waals surface area contributed by atoms with Crippen LogP contribution < -0.4 is 5.32 Å². The van der Waals surface area contributed by atoms with Crippen LogP contribution in [0.1, 0.15) is 32.6 Å². The largest absolute Gasteiger partial charge is 0.450 e. The summed E-state index contributed by atoms with van der Waals surface area (Å²) in [6.07, 6.45) is 2.37. The van der Waals surface area contributed by atoms with Gasteiger partial charge in [-0.3, -0.25) is 4.79 Å². The van der Waals surface area contributed by atoms with Gasteiger partial charge in [0, 0.05) is 44.7 Å². The fourth-order valence-corrected chi connectivity index (χ4v) is 6.79. The number of amides is 1. The van der Waals surface area contributed by atoms with Crippen molar-refractivity contribution in [2.24, 2.45) is 0 Å². The third kappa shape index (κ3) is 3.74. The van der Waals surface area contributed by atoms with Gasteiger partial charge in [0.15, 0.2) is 0 Å². The van der Waals surface area contributed by atoms with E-state index in [1.54, 1.807) is 24.4 Å². The van der Waals surface area contributed by atoms with Gasteiger partial charge < -0.3 is 14.8 Å². The molecule has 1 spiro atoms. The number of hydrogen-bond donors (Lipinski definition) is 1. The quantitative estimate of drug-likeness (QED) is 0.695. The van der Waals surface area contributed by atoms with E-state index in [0.717, 1.165) is 12.8 Å². The van der Waals surface area contributed by atoms with Gasteiger partial charge in [0.05, 0.1) is 11.7 Å². The first-order valence-corrected chi connectivity index (χ1v) is 12.0.